The van der Waals surface area contributed by atoms with Gasteiger partial charge in [-0.15, -0.1) is 0 Å². The highest BCUT2D eigenvalue weighted by Gasteiger charge is 2.28. The van der Waals surface area contributed by atoms with Gasteiger partial charge in [-0.25, -0.2) is 0 Å². The number of pyridine rings is 1. The van der Waals surface area contributed by atoms with Crippen LogP contribution in [-0.4, -0.2) is 16.0 Å². The van der Waals surface area contributed by atoms with Gasteiger partial charge in [0.2, 0.25) is 5.88 Å². The molecular formula is C18H16N4O2. The van der Waals surface area contributed by atoms with Gasteiger partial charge in [0.1, 0.15) is 11.3 Å². The molecule has 0 radical (unpaired) electrons. The molecule has 120 valence electrons. The van der Waals surface area contributed by atoms with Gasteiger partial charge >= 0.3 is 0 Å². The van der Waals surface area contributed by atoms with Crippen molar-refractivity contribution in [1.82, 2.24) is 15.5 Å². The van der Waals surface area contributed by atoms with Gasteiger partial charge in [-0.1, -0.05) is 29.4 Å². The molecule has 6 heteroatoms. The van der Waals surface area contributed by atoms with Crippen molar-refractivity contribution in [1.29, 1.82) is 0 Å². The summed E-state index contributed by atoms with van der Waals surface area (Å²) in [6.07, 6.45) is 5.11. The van der Waals surface area contributed by atoms with Gasteiger partial charge in [-0.2, -0.15) is 0 Å². The summed E-state index contributed by atoms with van der Waals surface area (Å²) in [6, 6.07) is 11.7. The topological polar surface area (TPSA) is 94.0 Å². The first-order chi connectivity index (χ1) is 11.7. The Morgan fingerprint density at radius 3 is 2.96 bits per heavy atom. The van der Waals surface area contributed by atoms with Gasteiger partial charge < -0.3 is 15.6 Å². The van der Waals surface area contributed by atoms with Crippen molar-refractivity contribution < 1.29 is 9.32 Å². The molecule has 4 rings (SSSR count). The van der Waals surface area contributed by atoms with Crippen molar-refractivity contribution in [2.45, 2.75) is 18.9 Å². The number of nitrogen functional groups attached to an aromatic ring is 1. The number of amides is 1. The van der Waals surface area contributed by atoms with E-state index in [4.69, 9.17) is 10.3 Å². The SMILES string of the molecule is Nc1onc(-c2cccnc2)c1C(=O)NC1CCc2ccccc21. The zero-order valence-electron chi connectivity index (χ0n) is 12.9. The minimum atomic E-state index is -0.283. The number of benzene rings is 1. The Labute approximate surface area is 138 Å². The summed E-state index contributed by atoms with van der Waals surface area (Å²) in [5, 5.41) is 6.97. The second kappa shape index (κ2) is 5.81. The van der Waals surface area contributed by atoms with E-state index in [0.29, 0.717) is 11.3 Å². The van der Waals surface area contributed by atoms with Crippen LogP contribution in [0.1, 0.15) is 33.9 Å². The van der Waals surface area contributed by atoms with Crippen LogP contribution in [0.15, 0.2) is 53.3 Å². The number of rotatable bonds is 3. The van der Waals surface area contributed by atoms with Gasteiger partial charge in [0, 0.05) is 18.0 Å². The Morgan fingerprint density at radius 1 is 1.25 bits per heavy atom. The molecule has 3 aromatic rings. The van der Waals surface area contributed by atoms with Crippen LogP contribution in [0.5, 0.6) is 0 Å². The maximum atomic E-state index is 12.8. The number of fused-ring (bicyclic) bond motifs is 1. The molecule has 0 bridgehead atoms. The maximum absolute atomic E-state index is 12.8. The predicted molar refractivity (Wildman–Crippen MR) is 89.1 cm³/mol. The second-order valence-electron chi connectivity index (χ2n) is 5.78. The van der Waals surface area contributed by atoms with E-state index in [1.165, 1.54) is 5.56 Å². The van der Waals surface area contributed by atoms with Gasteiger partial charge in [0.15, 0.2) is 0 Å². The molecule has 1 unspecified atom stereocenters. The van der Waals surface area contributed by atoms with Crippen LogP contribution in [0, 0.1) is 0 Å². The zero-order chi connectivity index (χ0) is 16.5. The number of nitrogens with zero attached hydrogens (tertiary/aromatic N) is 2. The number of carbonyl (C=O) groups is 1. The maximum Gasteiger partial charge on any atom is 0.259 e. The van der Waals surface area contributed by atoms with Gasteiger partial charge in [-0.3, -0.25) is 9.78 Å². The smallest absolute Gasteiger partial charge is 0.259 e. The molecular weight excluding hydrogens is 304 g/mol. The molecule has 0 fully saturated rings. The molecule has 2 aromatic heterocycles. The van der Waals surface area contributed by atoms with Crippen LogP contribution < -0.4 is 11.1 Å². The van der Waals surface area contributed by atoms with Crippen LogP contribution in [-0.2, 0) is 6.42 Å². The van der Waals surface area contributed by atoms with Gasteiger partial charge in [-0.05, 0) is 36.1 Å². The molecule has 6 nitrogen and oxygen atoms in total. The van der Waals surface area contributed by atoms with Crippen LogP contribution >= 0.6 is 0 Å². The lowest BCUT2D eigenvalue weighted by atomic mass is 10.1. The predicted octanol–water partition coefficient (Wildman–Crippen LogP) is 2.74. The van der Waals surface area contributed by atoms with E-state index in [2.05, 4.69) is 21.5 Å². The minimum absolute atomic E-state index is 0.0117. The summed E-state index contributed by atoms with van der Waals surface area (Å²) >= 11 is 0. The third-order valence-electron chi connectivity index (χ3n) is 4.32. The summed E-state index contributed by atoms with van der Waals surface area (Å²) < 4.78 is 5.04. The summed E-state index contributed by atoms with van der Waals surface area (Å²) in [7, 11) is 0. The van der Waals surface area contributed by atoms with Crippen LogP contribution in [0.25, 0.3) is 11.3 Å². The zero-order valence-corrected chi connectivity index (χ0v) is 12.9. The molecule has 1 aromatic carbocycles. The lowest BCUT2D eigenvalue weighted by molar-refractivity contribution is 0.0938. The minimum Gasteiger partial charge on any atom is -0.367 e. The number of anilines is 1. The third-order valence-corrected chi connectivity index (χ3v) is 4.32. The summed E-state index contributed by atoms with van der Waals surface area (Å²) in [5.74, 6) is -0.271. The highest BCUT2D eigenvalue weighted by atomic mass is 16.5. The largest absolute Gasteiger partial charge is 0.367 e. The van der Waals surface area contributed by atoms with E-state index in [1.54, 1.807) is 18.5 Å². The first-order valence-electron chi connectivity index (χ1n) is 7.78. The van der Waals surface area contributed by atoms with Crippen molar-refractivity contribution in [3.8, 4) is 11.3 Å². The number of aryl methyl sites for hydroxylation is 1. The summed E-state index contributed by atoms with van der Waals surface area (Å²) in [6.45, 7) is 0. The van der Waals surface area contributed by atoms with Crippen LogP contribution in [0.3, 0.4) is 0 Å². The van der Waals surface area contributed by atoms with E-state index < -0.39 is 0 Å². The van der Waals surface area contributed by atoms with E-state index in [9.17, 15) is 4.79 Å². The Balaban J connectivity index is 1.64. The van der Waals surface area contributed by atoms with E-state index in [-0.39, 0.29) is 23.4 Å². The van der Waals surface area contributed by atoms with E-state index in [0.717, 1.165) is 18.4 Å². The molecule has 1 atom stereocenters. The van der Waals surface area contributed by atoms with Crippen molar-refractivity contribution in [2.24, 2.45) is 0 Å². The van der Waals surface area contributed by atoms with Crippen molar-refractivity contribution >= 4 is 11.8 Å². The van der Waals surface area contributed by atoms with Gasteiger partial charge in [0.25, 0.3) is 5.91 Å². The number of aromatic nitrogens is 2. The Hall–Kier alpha value is -3.15. The molecule has 1 aliphatic rings. The molecule has 0 aliphatic heterocycles. The first kappa shape index (κ1) is 14.4. The quantitative estimate of drug-likeness (QED) is 0.774. The number of hydrogen-bond acceptors (Lipinski definition) is 5. The molecule has 2 heterocycles. The lowest BCUT2D eigenvalue weighted by Gasteiger charge is -2.14. The Morgan fingerprint density at radius 2 is 2.12 bits per heavy atom. The molecule has 0 saturated heterocycles. The van der Waals surface area contributed by atoms with Gasteiger partial charge in [0.05, 0.1) is 6.04 Å². The molecule has 0 saturated carbocycles. The van der Waals surface area contributed by atoms with Crippen LogP contribution in [0.2, 0.25) is 0 Å². The highest BCUT2D eigenvalue weighted by Crippen LogP contribution is 2.32. The number of nitrogens with two attached hydrogens (primary N) is 1. The normalized spacial score (nSPS) is 15.9. The summed E-state index contributed by atoms with van der Waals surface area (Å²) in [5.41, 5.74) is 9.62. The fourth-order valence-electron chi connectivity index (χ4n) is 3.16. The molecule has 1 amide bonds. The van der Waals surface area contributed by atoms with E-state index >= 15 is 0 Å². The second-order valence-corrected chi connectivity index (χ2v) is 5.78. The third kappa shape index (κ3) is 2.42. The molecule has 1 aliphatic carbocycles. The molecule has 24 heavy (non-hydrogen) atoms. The fourth-order valence-corrected chi connectivity index (χ4v) is 3.16. The van der Waals surface area contributed by atoms with Crippen molar-refractivity contribution in [2.75, 3.05) is 5.73 Å². The fraction of sp³-hybridized carbons (Fsp3) is 0.167. The lowest BCUT2D eigenvalue weighted by Crippen LogP contribution is -2.27. The Kier molecular flexibility index (Phi) is 3.49. The highest BCUT2D eigenvalue weighted by molar-refractivity contribution is 6.03. The average Bonchev–Trinajstić information content (AvgIpc) is 3.20. The molecule has 0 spiro atoms. The molecule has 3 N–H and O–H groups in total. The average molecular weight is 320 g/mol. The number of carbonyl (C=O) groups excluding carboxylic acids is 1. The number of nitrogens with one attached hydrogen (secondary N) is 1. The van der Waals surface area contributed by atoms with E-state index in [1.807, 2.05) is 24.3 Å². The van der Waals surface area contributed by atoms with Crippen LogP contribution in [0.4, 0.5) is 5.88 Å². The number of hydrogen-bond donors (Lipinski definition) is 2. The first-order valence-corrected chi connectivity index (χ1v) is 7.78. The van der Waals surface area contributed by atoms with Crippen molar-refractivity contribution in [3.63, 3.8) is 0 Å². The van der Waals surface area contributed by atoms with Crippen molar-refractivity contribution in [3.05, 3.63) is 65.5 Å². The monoisotopic (exact) mass is 320 g/mol. The Bertz CT molecular complexity index is 889. The summed E-state index contributed by atoms with van der Waals surface area (Å²) in [4.78, 5) is 16.8. The standard InChI is InChI=1S/C18H16N4O2/c19-17-15(16(22-24-17)12-5-3-9-20-10-12)18(23)21-14-8-7-11-4-1-2-6-13(11)14/h1-6,9-10,14H,7-8,19H2,(H,21,23).